The third kappa shape index (κ3) is 2.80. The van der Waals surface area contributed by atoms with Crippen molar-refractivity contribution in [3.05, 3.63) is 24.0 Å². The number of halogens is 3. The number of aromatic nitrogens is 1. The van der Waals surface area contributed by atoms with Crippen LogP contribution in [0.2, 0.25) is 0 Å². The Morgan fingerprint density at radius 1 is 1.20 bits per heavy atom. The van der Waals surface area contributed by atoms with Gasteiger partial charge in [-0.3, -0.25) is 4.98 Å². The molecule has 0 saturated carbocycles. The lowest BCUT2D eigenvalue weighted by Gasteiger charge is -2.16. The van der Waals surface area contributed by atoms with Gasteiger partial charge in [-0.05, 0) is 24.0 Å². The van der Waals surface area contributed by atoms with Gasteiger partial charge in [0.05, 0.1) is 0 Å². The number of pyridine rings is 1. The average Bonchev–Trinajstić information content (AvgIpc) is 2.69. The molecule has 0 aliphatic carbocycles. The van der Waals surface area contributed by atoms with Crippen molar-refractivity contribution in [2.24, 2.45) is 11.8 Å². The van der Waals surface area contributed by atoms with E-state index < -0.39 is 21.9 Å². The van der Waals surface area contributed by atoms with Crippen LogP contribution in [0, 0.1) is 11.8 Å². The van der Waals surface area contributed by atoms with E-state index in [0.717, 1.165) is 12.3 Å². The summed E-state index contributed by atoms with van der Waals surface area (Å²) in [5, 5.41) is 0. The summed E-state index contributed by atoms with van der Waals surface area (Å²) in [6.07, 6.45) is -3.80. The van der Waals surface area contributed by atoms with Gasteiger partial charge in [-0.15, -0.1) is 0 Å². The maximum absolute atomic E-state index is 12.4. The molecule has 0 unspecified atom stereocenters. The Bertz CT molecular complexity index is 574. The molecule has 4 nitrogen and oxygen atoms in total. The van der Waals surface area contributed by atoms with Gasteiger partial charge in [0.15, 0.2) is 0 Å². The van der Waals surface area contributed by atoms with Gasteiger partial charge >= 0.3 is 6.18 Å². The molecule has 2 atom stereocenters. The van der Waals surface area contributed by atoms with Crippen molar-refractivity contribution in [1.29, 1.82) is 0 Å². The first-order chi connectivity index (χ1) is 9.12. The molecule has 1 aliphatic rings. The lowest BCUT2D eigenvalue weighted by Crippen LogP contribution is -2.29. The molecule has 0 radical (unpaired) electrons. The topological polar surface area (TPSA) is 50.3 Å². The first kappa shape index (κ1) is 15.2. The summed E-state index contributed by atoms with van der Waals surface area (Å²) in [6, 6.07) is 1.65. The summed E-state index contributed by atoms with van der Waals surface area (Å²) >= 11 is 0. The zero-order valence-corrected chi connectivity index (χ0v) is 11.9. The van der Waals surface area contributed by atoms with Gasteiger partial charge in [0.1, 0.15) is 10.6 Å². The summed E-state index contributed by atoms with van der Waals surface area (Å²) in [5.74, 6) is 0.458. The van der Waals surface area contributed by atoms with Gasteiger partial charge in [0.25, 0.3) is 0 Å². The van der Waals surface area contributed by atoms with E-state index in [9.17, 15) is 21.6 Å². The third-order valence-electron chi connectivity index (χ3n) is 3.62. The number of rotatable bonds is 2. The largest absolute Gasteiger partial charge is 0.433 e. The van der Waals surface area contributed by atoms with Crippen molar-refractivity contribution < 1.29 is 21.6 Å². The highest BCUT2D eigenvalue weighted by atomic mass is 32.2. The lowest BCUT2D eigenvalue weighted by atomic mass is 10.0. The Kier molecular flexibility index (Phi) is 3.81. The third-order valence-corrected chi connectivity index (χ3v) is 5.43. The normalized spacial score (nSPS) is 25.1. The molecule has 0 aromatic carbocycles. The Morgan fingerprint density at radius 2 is 1.75 bits per heavy atom. The molecule has 1 aromatic rings. The summed E-state index contributed by atoms with van der Waals surface area (Å²) in [7, 11) is -3.76. The van der Waals surface area contributed by atoms with E-state index in [1.165, 1.54) is 4.31 Å². The highest BCUT2D eigenvalue weighted by molar-refractivity contribution is 7.89. The molecule has 0 amide bonds. The monoisotopic (exact) mass is 308 g/mol. The standard InChI is InChI=1S/C12H15F3N2O2S/c1-8-6-17(7-9(8)2)20(18,19)10-3-4-11(16-5-10)12(13,14)15/h3-5,8-9H,6-7H2,1-2H3/t8-,9-/m1/s1. The van der Waals surface area contributed by atoms with E-state index in [2.05, 4.69) is 4.98 Å². The predicted octanol–water partition coefficient (Wildman–Crippen LogP) is 2.38. The molecule has 1 fully saturated rings. The molecule has 1 aromatic heterocycles. The van der Waals surface area contributed by atoms with Crippen molar-refractivity contribution in [1.82, 2.24) is 9.29 Å². The Balaban J connectivity index is 2.27. The number of hydrogen-bond donors (Lipinski definition) is 0. The molecule has 8 heteroatoms. The maximum Gasteiger partial charge on any atom is 0.433 e. The van der Waals surface area contributed by atoms with Crippen molar-refractivity contribution in [3.63, 3.8) is 0 Å². The van der Waals surface area contributed by atoms with Gasteiger partial charge in [0, 0.05) is 19.3 Å². The van der Waals surface area contributed by atoms with E-state index in [1.807, 2.05) is 13.8 Å². The summed E-state index contributed by atoms with van der Waals surface area (Å²) in [5.41, 5.74) is -1.10. The molecule has 1 saturated heterocycles. The predicted molar refractivity (Wildman–Crippen MR) is 66.3 cm³/mol. The quantitative estimate of drug-likeness (QED) is 0.843. The maximum atomic E-state index is 12.4. The van der Waals surface area contributed by atoms with E-state index in [0.29, 0.717) is 19.2 Å². The van der Waals surface area contributed by atoms with Crippen molar-refractivity contribution >= 4 is 10.0 Å². The Labute approximate surface area is 115 Å². The van der Waals surface area contributed by atoms with Crippen LogP contribution in [0.5, 0.6) is 0 Å². The minimum absolute atomic E-state index is 0.202. The Hall–Kier alpha value is -1.15. The zero-order chi connectivity index (χ0) is 15.1. The van der Waals surface area contributed by atoms with Gasteiger partial charge < -0.3 is 0 Å². The van der Waals surface area contributed by atoms with Crippen LogP contribution in [-0.4, -0.2) is 30.8 Å². The smallest absolute Gasteiger partial charge is 0.250 e. The molecule has 2 heterocycles. The van der Waals surface area contributed by atoms with Crippen LogP contribution < -0.4 is 0 Å². The number of alkyl halides is 3. The summed E-state index contributed by atoms with van der Waals surface area (Å²) in [6.45, 7) is 4.66. The first-order valence-electron chi connectivity index (χ1n) is 6.16. The van der Waals surface area contributed by atoms with Gasteiger partial charge in [-0.25, -0.2) is 8.42 Å². The second-order valence-electron chi connectivity index (χ2n) is 5.15. The van der Waals surface area contributed by atoms with Crippen LogP contribution in [0.3, 0.4) is 0 Å². The van der Waals surface area contributed by atoms with E-state index in [-0.39, 0.29) is 16.7 Å². The highest BCUT2D eigenvalue weighted by Crippen LogP contribution is 2.30. The zero-order valence-electron chi connectivity index (χ0n) is 11.1. The summed E-state index contributed by atoms with van der Waals surface area (Å²) < 4.78 is 63.1. The molecular formula is C12H15F3N2O2S. The minimum Gasteiger partial charge on any atom is -0.250 e. The second kappa shape index (κ2) is 5.00. The molecule has 20 heavy (non-hydrogen) atoms. The molecule has 0 N–H and O–H groups in total. The molecule has 0 spiro atoms. The first-order valence-corrected chi connectivity index (χ1v) is 7.60. The van der Waals surface area contributed by atoms with Crippen LogP contribution in [0.25, 0.3) is 0 Å². The van der Waals surface area contributed by atoms with E-state index in [4.69, 9.17) is 0 Å². The summed E-state index contributed by atoms with van der Waals surface area (Å²) in [4.78, 5) is 2.99. The van der Waals surface area contributed by atoms with Crippen molar-refractivity contribution in [2.45, 2.75) is 24.9 Å². The van der Waals surface area contributed by atoms with E-state index >= 15 is 0 Å². The van der Waals surface area contributed by atoms with Gasteiger partial charge in [-0.1, -0.05) is 13.8 Å². The van der Waals surface area contributed by atoms with Crippen molar-refractivity contribution in [3.8, 4) is 0 Å². The van der Waals surface area contributed by atoms with Crippen LogP contribution in [0.1, 0.15) is 19.5 Å². The fourth-order valence-electron chi connectivity index (χ4n) is 2.12. The van der Waals surface area contributed by atoms with Gasteiger partial charge in [0.2, 0.25) is 10.0 Å². The fourth-order valence-corrected chi connectivity index (χ4v) is 3.71. The highest BCUT2D eigenvalue weighted by Gasteiger charge is 2.36. The minimum atomic E-state index is -4.57. The fraction of sp³-hybridized carbons (Fsp3) is 0.583. The molecule has 1 aliphatic heterocycles. The lowest BCUT2D eigenvalue weighted by molar-refractivity contribution is -0.141. The van der Waals surface area contributed by atoms with Crippen LogP contribution in [-0.2, 0) is 16.2 Å². The van der Waals surface area contributed by atoms with E-state index in [1.54, 1.807) is 0 Å². The second-order valence-corrected chi connectivity index (χ2v) is 7.09. The molecule has 2 rings (SSSR count). The molecule has 112 valence electrons. The SMILES string of the molecule is C[C@@H]1CN(S(=O)(=O)c2ccc(C(F)(F)F)nc2)C[C@H]1C. The number of hydrogen-bond acceptors (Lipinski definition) is 3. The van der Waals surface area contributed by atoms with Crippen molar-refractivity contribution in [2.75, 3.05) is 13.1 Å². The molecular weight excluding hydrogens is 293 g/mol. The Morgan fingerprint density at radius 3 is 2.15 bits per heavy atom. The van der Waals surface area contributed by atoms with Gasteiger partial charge in [-0.2, -0.15) is 17.5 Å². The molecule has 0 bridgehead atoms. The van der Waals surface area contributed by atoms with Crippen LogP contribution in [0.4, 0.5) is 13.2 Å². The number of sulfonamides is 1. The van der Waals surface area contributed by atoms with Crippen LogP contribution >= 0.6 is 0 Å². The average molecular weight is 308 g/mol. The van der Waals surface area contributed by atoms with Crippen LogP contribution in [0.15, 0.2) is 23.2 Å². The number of nitrogens with zero attached hydrogens (tertiary/aromatic N) is 2.